The number of carboxylic acids is 1. The third kappa shape index (κ3) is 2.79. The summed E-state index contributed by atoms with van der Waals surface area (Å²) in [6, 6.07) is 0.280. The quantitative estimate of drug-likeness (QED) is 0.789. The van der Waals surface area contributed by atoms with E-state index in [4.69, 9.17) is 5.11 Å². The maximum atomic E-state index is 11.8. The van der Waals surface area contributed by atoms with Crippen molar-refractivity contribution >= 4 is 11.9 Å². The van der Waals surface area contributed by atoms with Crippen LogP contribution in [0.15, 0.2) is 0 Å². The Morgan fingerprint density at radius 1 is 1.12 bits per heavy atom. The number of amides is 1. The van der Waals surface area contributed by atoms with E-state index < -0.39 is 11.4 Å². The first kappa shape index (κ1) is 12.4. The highest BCUT2D eigenvalue weighted by Gasteiger charge is 2.46. The van der Waals surface area contributed by atoms with Gasteiger partial charge in [0.1, 0.15) is 0 Å². The Bertz CT molecular complexity index is 304. The molecule has 0 unspecified atom stereocenters. The summed E-state index contributed by atoms with van der Waals surface area (Å²) in [7, 11) is 0. The highest BCUT2D eigenvalue weighted by molar-refractivity contribution is 5.85. The van der Waals surface area contributed by atoms with Gasteiger partial charge in [-0.15, -0.1) is 0 Å². The van der Waals surface area contributed by atoms with E-state index in [0.29, 0.717) is 12.8 Å². The number of carbonyl (C=O) groups excluding carboxylic acids is 1. The molecule has 0 atom stereocenters. The Balaban J connectivity index is 1.81. The fourth-order valence-electron chi connectivity index (χ4n) is 2.90. The number of nitrogens with one attached hydrogen (secondary N) is 1. The lowest BCUT2D eigenvalue weighted by Crippen LogP contribution is -2.45. The van der Waals surface area contributed by atoms with Crippen LogP contribution in [0.3, 0.4) is 0 Å². The largest absolute Gasteiger partial charge is 0.481 e. The van der Waals surface area contributed by atoms with Gasteiger partial charge in [0, 0.05) is 12.5 Å². The molecular weight excluding hydrogens is 218 g/mol. The molecule has 0 aromatic heterocycles. The summed E-state index contributed by atoms with van der Waals surface area (Å²) < 4.78 is 0. The van der Waals surface area contributed by atoms with Gasteiger partial charge in [0.25, 0.3) is 0 Å². The van der Waals surface area contributed by atoms with Crippen molar-refractivity contribution in [2.45, 2.75) is 63.8 Å². The molecule has 96 valence electrons. The molecule has 2 rings (SSSR count). The predicted octanol–water partition coefficient (Wildman–Crippen LogP) is 2.08. The lowest BCUT2D eigenvalue weighted by Gasteiger charge is -2.37. The van der Waals surface area contributed by atoms with E-state index in [1.54, 1.807) is 0 Å². The van der Waals surface area contributed by atoms with Crippen LogP contribution in [-0.2, 0) is 9.59 Å². The monoisotopic (exact) mass is 239 g/mol. The number of carboxylic acid groups (broad SMARTS) is 1. The molecule has 2 aliphatic carbocycles. The summed E-state index contributed by atoms with van der Waals surface area (Å²) in [5.74, 6) is -0.874. The van der Waals surface area contributed by atoms with E-state index in [2.05, 4.69) is 5.32 Å². The first-order valence-electron chi connectivity index (χ1n) is 6.65. The number of rotatable bonds is 4. The van der Waals surface area contributed by atoms with Crippen LogP contribution in [0.1, 0.15) is 57.8 Å². The van der Waals surface area contributed by atoms with Crippen molar-refractivity contribution in [3.05, 3.63) is 0 Å². The molecule has 1 amide bonds. The molecule has 2 saturated carbocycles. The molecule has 17 heavy (non-hydrogen) atoms. The highest BCUT2D eigenvalue weighted by Crippen LogP contribution is 2.44. The first-order chi connectivity index (χ1) is 8.12. The maximum Gasteiger partial charge on any atom is 0.310 e. The molecule has 0 radical (unpaired) electrons. The number of aliphatic carboxylic acids is 1. The van der Waals surface area contributed by atoms with Gasteiger partial charge in [-0.3, -0.25) is 9.59 Å². The van der Waals surface area contributed by atoms with Gasteiger partial charge in [-0.1, -0.05) is 25.7 Å². The summed E-state index contributed by atoms with van der Waals surface area (Å²) >= 11 is 0. The van der Waals surface area contributed by atoms with Crippen LogP contribution < -0.4 is 5.32 Å². The molecule has 0 aliphatic heterocycles. The SMILES string of the molecule is O=C(CC1(C(=O)O)CCC1)NC1CCCCC1. The molecule has 2 N–H and O–H groups in total. The minimum Gasteiger partial charge on any atom is -0.481 e. The van der Waals surface area contributed by atoms with Gasteiger partial charge in [0.05, 0.1) is 5.41 Å². The topological polar surface area (TPSA) is 66.4 Å². The van der Waals surface area contributed by atoms with Gasteiger partial charge >= 0.3 is 5.97 Å². The van der Waals surface area contributed by atoms with Crippen LogP contribution in [0.4, 0.5) is 0 Å². The third-order valence-corrected chi connectivity index (χ3v) is 4.23. The Kier molecular flexibility index (Phi) is 3.69. The van der Waals surface area contributed by atoms with E-state index in [9.17, 15) is 9.59 Å². The molecule has 4 nitrogen and oxygen atoms in total. The second-order valence-corrected chi connectivity index (χ2v) is 5.52. The molecule has 0 aromatic rings. The average Bonchev–Trinajstić information content (AvgIpc) is 2.24. The van der Waals surface area contributed by atoms with Gasteiger partial charge in [0.2, 0.25) is 5.91 Å². The van der Waals surface area contributed by atoms with E-state index in [-0.39, 0.29) is 18.4 Å². The van der Waals surface area contributed by atoms with Crippen LogP contribution in [0.2, 0.25) is 0 Å². The van der Waals surface area contributed by atoms with Crippen molar-refractivity contribution in [3.63, 3.8) is 0 Å². The van der Waals surface area contributed by atoms with Gasteiger partial charge in [-0.05, 0) is 25.7 Å². The molecule has 0 bridgehead atoms. The maximum absolute atomic E-state index is 11.8. The van der Waals surface area contributed by atoms with Crippen LogP contribution in [0, 0.1) is 5.41 Å². The van der Waals surface area contributed by atoms with Crippen molar-refractivity contribution in [2.75, 3.05) is 0 Å². The van der Waals surface area contributed by atoms with Crippen LogP contribution in [0.25, 0.3) is 0 Å². The zero-order chi connectivity index (χ0) is 12.3. The van der Waals surface area contributed by atoms with Crippen molar-refractivity contribution in [1.29, 1.82) is 0 Å². The smallest absolute Gasteiger partial charge is 0.310 e. The van der Waals surface area contributed by atoms with Gasteiger partial charge < -0.3 is 10.4 Å². The van der Waals surface area contributed by atoms with Crippen molar-refractivity contribution in [3.8, 4) is 0 Å². The Morgan fingerprint density at radius 3 is 2.24 bits per heavy atom. The fourth-order valence-corrected chi connectivity index (χ4v) is 2.90. The summed E-state index contributed by atoms with van der Waals surface area (Å²) in [5.41, 5.74) is -0.751. The molecular formula is C13H21NO3. The molecule has 0 aromatic carbocycles. The summed E-state index contributed by atoms with van der Waals surface area (Å²) in [4.78, 5) is 23.0. The van der Waals surface area contributed by atoms with Gasteiger partial charge in [0.15, 0.2) is 0 Å². The fraction of sp³-hybridized carbons (Fsp3) is 0.846. The normalized spacial score (nSPS) is 23.8. The van der Waals surface area contributed by atoms with Crippen LogP contribution >= 0.6 is 0 Å². The first-order valence-corrected chi connectivity index (χ1v) is 6.65. The zero-order valence-corrected chi connectivity index (χ0v) is 10.2. The molecule has 4 heteroatoms. The Morgan fingerprint density at radius 2 is 1.76 bits per heavy atom. The van der Waals surface area contributed by atoms with E-state index in [1.807, 2.05) is 0 Å². The van der Waals surface area contributed by atoms with E-state index >= 15 is 0 Å². The highest BCUT2D eigenvalue weighted by atomic mass is 16.4. The minimum atomic E-state index is -0.803. The van der Waals surface area contributed by atoms with E-state index in [0.717, 1.165) is 19.3 Å². The molecule has 2 aliphatic rings. The standard InChI is InChI=1S/C13H21NO3/c15-11(14-10-5-2-1-3-6-10)9-13(12(16)17)7-4-8-13/h10H,1-9H2,(H,14,15)(H,16,17). The van der Waals surface area contributed by atoms with Crippen molar-refractivity contribution < 1.29 is 14.7 Å². The van der Waals surface area contributed by atoms with E-state index in [1.165, 1.54) is 19.3 Å². The number of hydrogen-bond donors (Lipinski definition) is 2. The molecule has 0 saturated heterocycles. The number of hydrogen-bond acceptors (Lipinski definition) is 2. The van der Waals surface area contributed by atoms with Crippen LogP contribution in [0.5, 0.6) is 0 Å². The lowest BCUT2D eigenvalue weighted by molar-refractivity contribution is -0.157. The molecule has 2 fully saturated rings. The van der Waals surface area contributed by atoms with Gasteiger partial charge in [-0.25, -0.2) is 0 Å². The van der Waals surface area contributed by atoms with Crippen molar-refractivity contribution in [1.82, 2.24) is 5.32 Å². The third-order valence-electron chi connectivity index (χ3n) is 4.23. The van der Waals surface area contributed by atoms with Crippen molar-refractivity contribution in [2.24, 2.45) is 5.41 Å². The predicted molar refractivity (Wildman–Crippen MR) is 63.6 cm³/mol. The zero-order valence-electron chi connectivity index (χ0n) is 10.2. The summed E-state index contributed by atoms with van der Waals surface area (Å²) in [6.07, 6.45) is 8.11. The summed E-state index contributed by atoms with van der Waals surface area (Å²) in [5, 5.41) is 12.2. The second kappa shape index (κ2) is 5.07. The van der Waals surface area contributed by atoms with Gasteiger partial charge in [-0.2, -0.15) is 0 Å². The van der Waals surface area contributed by atoms with Crippen LogP contribution in [-0.4, -0.2) is 23.0 Å². The average molecular weight is 239 g/mol. The second-order valence-electron chi connectivity index (χ2n) is 5.52. The molecule has 0 spiro atoms. The Labute approximate surface area is 102 Å². The summed E-state index contributed by atoms with van der Waals surface area (Å²) in [6.45, 7) is 0. The Hall–Kier alpha value is -1.06. The molecule has 0 heterocycles. The lowest BCUT2D eigenvalue weighted by atomic mass is 9.66. The number of carbonyl (C=O) groups is 2. The minimum absolute atomic E-state index is 0.0704.